The summed E-state index contributed by atoms with van der Waals surface area (Å²) >= 11 is 0. The number of hydrogen-bond donors (Lipinski definition) is 0. The lowest BCUT2D eigenvalue weighted by molar-refractivity contribution is -0.137. The summed E-state index contributed by atoms with van der Waals surface area (Å²) in [6.07, 6.45) is 17.9. The average molecular weight is 447 g/mol. The van der Waals surface area contributed by atoms with E-state index in [0.717, 1.165) is 44.1 Å². The highest BCUT2D eigenvalue weighted by Gasteiger charge is 2.17. The van der Waals surface area contributed by atoms with Gasteiger partial charge in [-0.3, -0.25) is 9.59 Å². The molecule has 0 bridgehead atoms. The first-order chi connectivity index (χ1) is 15.6. The van der Waals surface area contributed by atoms with Crippen molar-refractivity contribution in [1.29, 1.82) is 0 Å². The third-order valence-corrected chi connectivity index (χ3v) is 5.77. The SMILES string of the molecule is CCCCCCCCCCCCc1cccc(OC(=O)CCCC)c1OC(=O)CCCC. The monoisotopic (exact) mass is 446 g/mol. The maximum absolute atomic E-state index is 12.3. The Labute approximate surface area is 196 Å². The first-order valence-corrected chi connectivity index (χ1v) is 13.2. The van der Waals surface area contributed by atoms with E-state index < -0.39 is 0 Å². The Morgan fingerprint density at radius 3 is 1.69 bits per heavy atom. The molecule has 0 unspecified atom stereocenters. The Bertz CT molecular complexity index is 638. The number of benzene rings is 1. The number of para-hydroxylation sites is 1. The summed E-state index contributed by atoms with van der Waals surface area (Å²) in [5, 5.41) is 0. The molecule has 0 radical (unpaired) electrons. The van der Waals surface area contributed by atoms with E-state index in [1.54, 1.807) is 6.07 Å². The fourth-order valence-electron chi connectivity index (χ4n) is 3.74. The molecule has 0 heterocycles. The summed E-state index contributed by atoms with van der Waals surface area (Å²) in [5.74, 6) is 0.289. The van der Waals surface area contributed by atoms with Crippen LogP contribution in [0, 0.1) is 0 Å². The second kappa shape index (κ2) is 18.7. The molecule has 0 amide bonds. The molecule has 0 spiro atoms. The summed E-state index contributed by atoms with van der Waals surface area (Å²) in [7, 11) is 0. The number of carbonyl (C=O) groups is 2. The van der Waals surface area contributed by atoms with Gasteiger partial charge in [0, 0.05) is 12.8 Å². The van der Waals surface area contributed by atoms with Gasteiger partial charge in [-0.05, 0) is 37.3 Å². The van der Waals surface area contributed by atoms with Crippen molar-refractivity contribution in [2.45, 2.75) is 130 Å². The molecule has 0 aliphatic heterocycles. The van der Waals surface area contributed by atoms with Crippen LogP contribution < -0.4 is 9.47 Å². The van der Waals surface area contributed by atoms with Crippen LogP contribution in [-0.2, 0) is 16.0 Å². The first-order valence-electron chi connectivity index (χ1n) is 13.2. The standard InChI is InChI=1S/C28H46O4/c1-4-7-10-11-12-13-14-15-16-17-19-24-20-18-21-25(31-26(29)22-8-5-2)28(24)32-27(30)23-9-6-3/h18,20-21H,4-17,19,22-23H2,1-3H3. The summed E-state index contributed by atoms with van der Waals surface area (Å²) in [4.78, 5) is 24.5. The van der Waals surface area contributed by atoms with Gasteiger partial charge >= 0.3 is 11.9 Å². The molecule has 0 aromatic heterocycles. The van der Waals surface area contributed by atoms with Gasteiger partial charge in [0.05, 0.1) is 0 Å². The maximum Gasteiger partial charge on any atom is 0.311 e. The van der Waals surface area contributed by atoms with Crippen molar-refractivity contribution in [3.05, 3.63) is 23.8 Å². The fraction of sp³-hybridized carbons (Fsp3) is 0.714. The van der Waals surface area contributed by atoms with Crippen molar-refractivity contribution in [3.63, 3.8) is 0 Å². The number of carbonyl (C=O) groups excluding carboxylic acids is 2. The second-order valence-electron chi connectivity index (χ2n) is 8.83. The molecule has 4 nitrogen and oxygen atoms in total. The number of ether oxygens (including phenoxy) is 2. The molecule has 1 rings (SSSR count). The van der Waals surface area contributed by atoms with E-state index in [0.29, 0.717) is 24.3 Å². The van der Waals surface area contributed by atoms with Crippen LogP contribution in [0.3, 0.4) is 0 Å². The van der Waals surface area contributed by atoms with E-state index >= 15 is 0 Å². The third-order valence-electron chi connectivity index (χ3n) is 5.77. The zero-order chi connectivity index (χ0) is 23.4. The van der Waals surface area contributed by atoms with Crippen LogP contribution >= 0.6 is 0 Å². The molecule has 0 N–H and O–H groups in total. The minimum absolute atomic E-state index is 0.256. The van der Waals surface area contributed by atoms with E-state index in [-0.39, 0.29) is 11.9 Å². The van der Waals surface area contributed by atoms with Crippen LogP contribution in [0.15, 0.2) is 18.2 Å². The lowest BCUT2D eigenvalue weighted by Crippen LogP contribution is -2.13. The largest absolute Gasteiger partial charge is 0.423 e. The summed E-state index contributed by atoms with van der Waals surface area (Å²) in [6.45, 7) is 6.35. The van der Waals surface area contributed by atoms with Gasteiger partial charge < -0.3 is 9.47 Å². The molecule has 0 aliphatic carbocycles. The Kier molecular flexibility index (Phi) is 16.5. The molecule has 0 saturated heterocycles. The minimum atomic E-state index is -0.270. The van der Waals surface area contributed by atoms with Crippen molar-refractivity contribution in [2.75, 3.05) is 0 Å². The molecular formula is C28H46O4. The predicted molar refractivity (Wildman–Crippen MR) is 132 cm³/mol. The molecule has 32 heavy (non-hydrogen) atoms. The van der Waals surface area contributed by atoms with Gasteiger partial charge in [-0.25, -0.2) is 0 Å². The third kappa shape index (κ3) is 12.9. The molecule has 1 aromatic rings. The van der Waals surface area contributed by atoms with Gasteiger partial charge in [0.2, 0.25) is 0 Å². The van der Waals surface area contributed by atoms with E-state index in [9.17, 15) is 9.59 Å². The highest BCUT2D eigenvalue weighted by atomic mass is 16.6. The number of esters is 2. The minimum Gasteiger partial charge on any atom is -0.423 e. The predicted octanol–water partition coefficient (Wildman–Crippen LogP) is 8.34. The van der Waals surface area contributed by atoms with Crippen molar-refractivity contribution < 1.29 is 19.1 Å². The molecule has 0 saturated carbocycles. The number of rotatable bonds is 19. The smallest absolute Gasteiger partial charge is 0.311 e. The molecule has 182 valence electrons. The van der Waals surface area contributed by atoms with E-state index in [4.69, 9.17) is 9.47 Å². The summed E-state index contributed by atoms with van der Waals surface area (Å²) in [6, 6.07) is 5.60. The number of unbranched alkanes of at least 4 members (excludes halogenated alkanes) is 11. The molecular weight excluding hydrogens is 400 g/mol. The number of aryl methyl sites for hydroxylation is 1. The van der Waals surface area contributed by atoms with Crippen LogP contribution in [0.25, 0.3) is 0 Å². The fourth-order valence-corrected chi connectivity index (χ4v) is 3.74. The van der Waals surface area contributed by atoms with Crippen molar-refractivity contribution in [1.82, 2.24) is 0 Å². The Hall–Kier alpha value is -1.84. The average Bonchev–Trinajstić information content (AvgIpc) is 2.79. The second-order valence-corrected chi connectivity index (χ2v) is 8.83. The van der Waals surface area contributed by atoms with E-state index in [2.05, 4.69) is 6.92 Å². The zero-order valence-electron chi connectivity index (χ0n) is 20.9. The Morgan fingerprint density at radius 2 is 1.12 bits per heavy atom. The Morgan fingerprint density at radius 1 is 0.625 bits per heavy atom. The highest BCUT2D eigenvalue weighted by Crippen LogP contribution is 2.33. The summed E-state index contributed by atoms with van der Waals surface area (Å²) in [5.41, 5.74) is 0.954. The Balaban J connectivity index is 2.60. The lowest BCUT2D eigenvalue weighted by Gasteiger charge is -2.15. The van der Waals surface area contributed by atoms with Crippen LogP contribution in [-0.4, -0.2) is 11.9 Å². The molecule has 0 fully saturated rings. The van der Waals surface area contributed by atoms with Crippen LogP contribution in [0.4, 0.5) is 0 Å². The molecule has 4 heteroatoms. The first kappa shape index (κ1) is 28.2. The van der Waals surface area contributed by atoms with E-state index in [1.165, 1.54) is 57.8 Å². The highest BCUT2D eigenvalue weighted by molar-refractivity contribution is 5.76. The van der Waals surface area contributed by atoms with Crippen molar-refractivity contribution >= 4 is 11.9 Å². The normalized spacial score (nSPS) is 10.8. The van der Waals surface area contributed by atoms with Crippen molar-refractivity contribution in [2.24, 2.45) is 0 Å². The lowest BCUT2D eigenvalue weighted by atomic mass is 10.0. The van der Waals surface area contributed by atoms with Crippen LogP contribution in [0.5, 0.6) is 11.5 Å². The zero-order valence-corrected chi connectivity index (χ0v) is 20.9. The molecule has 1 aromatic carbocycles. The summed E-state index contributed by atoms with van der Waals surface area (Å²) < 4.78 is 11.3. The van der Waals surface area contributed by atoms with Gasteiger partial charge in [0.1, 0.15) is 0 Å². The molecule has 0 atom stereocenters. The van der Waals surface area contributed by atoms with Gasteiger partial charge in [0.25, 0.3) is 0 Å². The van der Waals surface area contributed by atoms with Crippen molar-refractivity contribution in [3.8, 4) is 11.5 Å². The van der Waals surface area contributed by atoms with Gasteiger partial charge in [-0.1, -0.05) is 104 Å². The maximum atomic E-state index is 12.3. The number of hydrogen-bond acceptors (Lipinski definition) is 4. The van der Waals surface area contributed by atoms with Gasteiger partial charge in [-0.15, -0.1) is 0 Å². The quantitative estimate of drug-likeness (QED) is 0.122. The van der Waals surface area contributed by atoms with Gasteiger partial charge in [0.15, 0.2) is 11.5 Å². The van der Waals surface area contributed by atoms with Crippen LogP contribution in [0.1, 0.15) is 129 Å². The van der Waals surface area contributed by atoms with Crippen LogP contribution in [0.2, 0.25) is 0 Å². The van der Waals surface area contributed by atoms with E-state index in [1.807, 2.05) is 26.0 Å². The molecule has 0 aliphatic rings. The van der Waals surface area contributed by atoms with Gasteiger partial charge in [-0.2, -0.15) is 0 Å². The topological polar surface area (TPSA) is 52.6 Å².